The zero-order chi connectivity index (χ0) is 18.2. The minimum atomic E-state index is -3.86. The molecule has 2 aromatic rings. The van der Waals surface area contributed by atoms with Crippen LogP contribution in [-0.4, -0.2) is 46.6 Å². The van der Waals surface area contributed by atoms with Crippen molar-refractivity contribution < 1.29 is 17.7 Å². The lowest BCUT2D eigenvalue weighted by molar-refractivity contribution is -0.119. The summed E-state index contributed by atoms with van der Waals surface area (Å²) in [6.07, 6.45) is 1.79. The summed E-state index contributed by atoms with van der Waals surface area (Å²) in [5, 5.41) is 15.4. The van der Waals surface area contributed by atoms with Crippen molar-refractivity contribution in [3.8, 4) is 0 Å². The molecule has 3 rings (SSSR count). The number of sulfonamides is 1. The zero-order valence-electron chi connectivity index (χ0n) is 14.1. The first kappa shape index (κ1) is 18.0. The van der Waals surface area contributed by atoms with Crippen LogP contribution in [0.3, 0.4) is 0 Å². The third-order valence-corrected chi connectivity index (χ3v) is 7.18. The molecule has 1 saturated heterocycles. The van der Waals surface area contributed by atoms with Crippen LogP contribution in [0.2, 0.25) is 0 Å². The van der Waals surface area contributed by atoms with Crippen molar-refractivity contribution in [1.82, 2.24) is 19.7 Å². The molecule has 0 aromatic carbocycles. The lowest BCUT2D eigenvalue weighted by Crippen LogP contribution is -2.43. The molecule has 1 fully saturated rings. The third-order valence-electron chi connectivity index (χ3n) is 4.04. The van der Waals surface area contributed by atoms with E-state index in [1.807, 2.05) is 6.92 Å². The van der Waals surface area contributed by atoms with Crippen LogP contribution < -0.4 is 5.32 Å². The molecule has 0 aliphatic carbocycles. The number of hydrogen-bond donors (Lipinski definition) is 1. The minimum Gasteiger partial charge on any atom is -0.360 e. The molecule has 1 aliphatic heterocycles. The molecule has 1 amide bonds. The first-order valence-electron chi connectivity index (χ1n) is 7.92. The Balaban J connectivity index is 1.83. The lowest BCUT2D eigenvalue weighted by Gasteiger charge is -2.22. The van der Waals surface area contributed by atoms with Crippen LogP contribution in [0.1, 0.15) is 36.2 Å². The highest BCUT2D eigenvalue weighted by Gasteiger charge is 2.42. The fraction of sp³-hybridized carbons (Fsp3) is 0.571. The SMILES string of the molecule is CCc1nnc(NC(=O)[C@@H]2CCCN2S(=O)(=O)c2c(C)noc2C)s1. The Bertz CT molecular complexity index is 869. The first-order valence-corrected chi connectivity index (χ1v) is 10.2. The molecule has 1 N–H and O–H groups in total. The van der Waals surface area contributed by atoms with E-state index in [2.05, 4.69) is 20.7 Å². The maximum Gasteiger partial charge on any atom is 0.249 e. The topological polar surface area (TPSA) is 118 Å². The number of hydrogen-bond acceptors (Lipinski definition) is 8. The van der Waals surface area contributed by atoms with Gasteiger partial charge in [-0.25, -0.2) is 8.42 Å². The van der Waals surface area contributed by atoms with Gasteiger partial charge in [-0.15, -0.1) is 10.2 Å². The van der Waals surface area contributed by atoms with Gasteiger partial charge >= 0.3 is 0 Å². The Morgan fingerprint density at radius 1 is 1.40 bits per heavy atom. The molecular weight excluding hydrogens is 366 g/mol. The Labute approximate surface area is 149 Å². The number of nitrogens with zero attached hydrogens (tertiary/aromatic N) is 4. The van der Waals surface area contributed by atoms with Gasteiger partial charge in [0.1, 0.15) is 21.6 Å². The van der Waals surface area contributed by atoms with Crippen LogP contribution in [0, 0.1) is 13.8 Å². The molecule has 0 unspecified atom stereocenters. The fourth-order valence-electron chi connectivity index (χ4n) is 2.89. The lowest BCUT2D eigenvalue weighted by atomic mass is 10.2. The number of carbonyl (C=O) groups is 1. The molecule has 2 aromatic heterocycles. The molecule has 25 heavy (non-hydrogen) atoms. The van der Waals surface area contributed by atoms with Gasteiger partial charge in [0.25, 0.3) is 0 Å². The van der Waals surface area contributed by atoms with Gasteiger partial charge in [0, 0.05) is 6.54 Å². The van der Waals surface area contributed by atoms with Crippen molar-refractivity contribution in [2.75, 3.05) is 11.9 Å². The van der Waals surface area contributed by atoms with Crippen molar-refractivity contribution in [3.05, 3.63) is 16.5 Å². The molecule has 1 atom stereocenters. The van der Waals surface area contributed by atoms with E-state index in [0.717, 1.165) is 11.4 Å². The predicted molar refractivity (Wildman–Crippen MR) is 90.8 cm³/mol. The van der Waals surface area contributed by atoms with Gasteiger partial charge in [-0.3, -0.25) is 10.1 Å². The van der Waals surface area contributed by atoms with Crippen LogP contribution in [0.4, 0.5) is 5.13 Å². The van der Waals surface area contributed by atoms with Crippen LogP contribution >= 0.6 is 11.3 Å². The summed E-state index contributed by atoms with van der Waals surface area (Å²) in [5.74, 6) is -0.174. The smallest absolute Gasteiger partial charge is 0.249 e. The largest absolute Gasteiger partial charge is 0.360 e. The van der Waals surface area contributed by atoms with Crippen molar-refractivity contribution >= 4 is 32.4 Å². The van der Waals surface area contributed by atoms with Crippen LogP contribution in [0.25, 0.3) is 0 Å². The predicted octanol–water partition coefficient (Wildman–Crippen LogP) is 1.50. The summed E-state index contributed by atoms with van der Waals surface area (Å²) in [7, 11) is -3.86. The highest BCUT2D eigenvalue weighted by molar-refractivity contribution is 7.89. The Morgan fingerprint density at radius 2 is 2.16 bits per heavy atom. The van der Waals surface area contributed by atoms with E-state index in [4.69, 9.17) is 4.52 Å². The molecule has 136 valence electrons. The normalized spacial score (nSPS) is 18.6. The number of amides is 1. The number of carbonyl (C=O) groups excluding carboxylic acids is 1. The summed E-state index contributed by atoms with van der Waals surface area (Å²) >= 11 is 1.28. The van der Waals surface area contributed by atoms with E-state index < -0.39 is 22.0 Å². The first-order chi connectivity index (χ1) is 11.8. The second-order valence-electron chi connectivity index (χ2n) is 5.77. The van der Waals surface area contributed by atoms with Crippen molar-refractivity contribution in [2.45, 2.75) is 51.0 Å². The average molecular weight is 385 g/mol. The number of rotatable bonds is 5. The van der Waals surface area contributed by atoms with Gasteiger partial charge < -0.3 is 4.52 Å². The van der Waals surface area contributed by atoms with E-state index in [-0.39, 0.29) is 17.2 Å². The van der Waals surface area contributed by atoms with Gasteiger partial charge in [0.05, 0.1) is 0 Å². The highest BCUT2D eigenvalue weighted by atomic mass is 32.2. The standard InChI is InChI=1S/C14H19N5O4S2/c1-4-11-16-17-14(24-11)15-13(20)10-6-5-7-19(10)25(21,22)12-8(2)18-23-9(12)3/h10H,4-7H2,1-3H3,(H,15,17,20)/t10-/m0/s1. The Hall–Kier alpha value is -1.85. The molecule has 0 bridgehead atoms. The van der Waals surface area contributed by atoms with E-state index >= 15 is 0 Å². The maximum atomic E-state index is 13.0. The maximum absolute atomic E-state index is 13.0. The molecule has 9 nitrogen and oxygen atoms in total. The number of aromatic nitrogens is 3. The van der Waals surface area contributed by atoms with Crippen LogP contribution in [0.5, 0.6) is 0 Å². The second kappa shape index (κ2) is 6.81. The van der Waals surface area contributed by atoms with Gasteiger partial charge in [-0.1, -0.05) is 23.4 Å². The summed E-state index contributed by atoms with van der Waals surface area (Å²) < 4.78 is 32.1. The van der Waals surface area contributed by atoms with Crippen molar-refractivity contribution in [2.24, 2.45) is 0 Å². The number of anilines is 1. The van der Waals surface area contributed by atoms with Crippen molar-refractivity contribution in [1.29, 1.82) is 0 Å². The Kier molecular flexibility index (Phi) is 4.89. The molecular formula is C14H19N5O4S2. The fourth-order valence-corrected chi connectivity index (χ4v) is 5.52. The van der Waals surface area contributed by atoms with Crippen LogP contribution in [-0.2, 0) is 21.2 Å². The minimum absolute atomic E-state index is 0.0383. The van der Waals surface area contributed by atoms with E-state index in [1.54, 1.807) is 13.8 Å². The van der Waals surface area contributed by atoms with E-state index in [0.29, 0.717) is 23.7 Å². The third kappa shape index (κ3) is 3.31. The quantitative estimate of drug-likeness (QED) is 0.828. The monoisotopic (exact) mass is 385 g/mol. The van der Waals surface area contributed by atoms with Crippen LogP contribution in [0.15, 0.2) is 9.42 Å². The Morgan fingerprint density at radius 3 is 2.76 bits per heavy atom. The summed E-state index contributed by atoms with van der Waals surface area (Å²) in [5.41, 5.74) is 0.292. The molecule has 0 saturated carbocycles. The second-order valence-corrected chi connectivity index (χ2v) is 8.66. The van der Waals surface area contributed by atoms with E-state index in [9.17, 15) is 13.2 Å². The van der Waals surface area contributed by atoms with Gasteiger partial charge in [-0.05, 0) is 33.1 Å². The summed E-state index contributed by atoms with van der Waals surface area (Å²) in [6.45, 7) is 5.34. The number of nitrogens with one attached hydrogen (secondary N) is 1. The summed E-state index contributed by atoms with van der Waals surface area (Å²) in [6, 6.07) is -0.785. The van der Waals surface area contributed by atoms with Gasteiger partial charge in [-0.2, -0.15) is 4.31 Å². The van der Waals surface area contributed by atoms with E-state index in [1.165, 1.54) is 15.6 Å². The zero-order valence-corrected chi connectivity index (χ0v) is 15.8. The number of aryl methyl sites for hydroxylation is 3. The molecule has 1 aliphatic rings. The summed E-state index contributed by atoms with van der Waals surface area (Å²) in [4.78, 5) is 12.6. The van der Waals surface area contributed by atoms with Gasteiger partial charge in [0.2, 0.25) is 21.1 Å². The molecule has 0 radical (unpaired) electrons. The van der Waals surface area contributed by atoms with Gasteiger partial charge in [0.15, 0.2) is 5.76 Å². The average Bonchev–Trinajstić information content (AvgIpc) is 3.27. The molecule has 3 heterocycles. The van der Waals surface area contributed by atoms with Crippen molar-refractivity contribution in [3.63, 3.8) is 0 Å². The molecule has 11 heteroatoms. The molecule has 0 spiro atoms. The highest BCUT2D eigenvalue weighted by Crippen LogP contribution is 2.30.